The van der Waals surface area contributed by atoms with Gasteiger partial charge in [0.15, 0.2) is 4.90 Å². The van der Waals surface area contributed by atoms with E-state index < -0.39 is 17.4 Å². The van der Waals surface area contributed by atoms with E-state index in [0.717, 1.165) is 12.0 Å². The lowest BCUT2D eigenvalue weighted by atomic mass is 10.1. The van der Waals surface area contributed by atoms with Crippen LogP contribution in [0.25, 0.3) is 0 Å². The van der Waals surface area contributed by atoms with Crippen LogP contribution in [0.15, 0.2) is 53.4 Å². The van der Waals surface area contributed by atoms with Crippen molar-refractivity contribution in [1.82, 2.24) is 10.2 Å². The van der Waals surface area contributed by atoms with Crippen LogP contribution in [0.1, 0.15) is 28.8 Å². The maximum absolute atomic E-state index is 12.8. The van der Waals surface area contributed by atoms with Gasteiger partial charge in [-0.2, -0.15) is 0 Å². The van der Waals surface area contributed by atoms with E-state index >= 15 is 0 Å². The van der Waals surface area contributed by atoms with Crippen molar-refractivity contribution in [3.63, 3.8) is 0 Å². The Labute approximate surface area is 154 Å². The molecule has 2 aromatic carbocycles. The van der Waals surface area contributed by atoms with Crippen LogP contribution in [-0.2, 0) is 22.7 Å². The summed E-state index contributed by atoms with van der Waals surface area (Å²) in [4.78, 5) is 27.2. The molecule has 2 N–H and O–H groups in total. The smallest absolute Gasteiger partial charge is 0.255 e. The molecule has 6 nitrogen and oxygen atoms in total. The van der Waals surface area contributed by atoms with Gasteiger partial charge in [-0.1, -0.05) is 24.3 Å². The van der Waals surface area contributed by atoms with Crippen LogP contribution in [0, 0.1) is 0 Å². The van der Waals surface area contributed by atoms with Crippen molar-refractivity contribution in [1.29, 1.82) is 0 Å². The van der Waals surface area contributed by atoms with E-state index in [-0.39, 0.29) is 11.8 Å². The summed E-state index contributed by atoms with van der Waals surface area (Å²) in [7, 11) is 0. The van der Waals surface area contributed by atoms with Gasteiger partial charge in [0.2, 0.25) is 5.91 Å². The van der Waals surface area contributed by atoms with Crippen molar-refractivity contribution in [2.45, 2.75) is 30.3 Å². The zero-order valence-corrected chi connectivity index (χ0v) is 14.9. The quantitative estimate of drug-likeness (QED) is 0.808. The molecular formula is C19H19N3O3S. The first-order valence-electron chi connectivity index (χ1n) is 8.58. The van der Waals surface area contributed by atoms with Crippen molar-refractivity contribution in [2.24, 2.45) is 0 Å². The SMILES string of the molecule is O=C1NCCCC1N1Cc2ccc(N[S+]([O-])c3ccccc3)cc2C1=O. The summed E-state index contributed by atoms with van der Waals surface area (Å²) in [6, 6.07) is 14.1. The monoisotopic (exact) mass is 369 g/mol. The van der Waals surface area contributed by atoms with Gasteiger partial charge in [-0.15, -0.1) is 0 Å². The van der Waals surface area contributed by atoms with Gasteiger partial charge in [0.1, 0.15) is 17.4 Å². The van der Waals surface area contributed by atoms with Crippen molar-refractivity contribution in [2.75, 3.05) is 11.3 Å². The van der Waals surface area contributed by atoms with E-state index in [1.165, 1.54) is 0 Å². The van der Waals surface area contributed by atoms with Crippen LogP contribution in [-0.4, -0.2) is 33.9 Å². The molecule has 1 saturated heterocycles. The molecule has 26 heavy (non-hydrogen) atoms. The Morgan fingerprint density at radius 1 is 1.15 bits per heavy atom. The molecule has 2 unspecified atom stereocenters. The second-order valence-electron chi connectivity index (χ2n) is 6.44. The molecule has 2 aromatic rings. The Bertz CT molecular complexity index is 843. The third-order valence-electron chi connectivity index (χ3n) is 4.74. The van der Waals surface area contributed by atoms with Crippen LogP contribution in [0.5, 0.6) is 0 Å². The van der Waals surface area contributed by atoms with Gasteiger partial charge in [0, 0.05) is 18.7 Å². The number of carbonyl (C=O) groups excluding carboxylic acids is 2. The lowest BCUT2D eigenvalue weighted by Gasteiger charge is -2.30. The fraction of sp³-hybridized carbons (Fsp3) is 0.263. The van der Waals surface area contributed by atoms with Crippen LogP contribution in [0.2, 0.25) is 0 Å². The molecular weight excluding hydrogens is 350 g/mol. The highest BCUT2D eigenvalue weighted by atomic mass is 32.2. The van der Waals surface area contributed by atoms with Gasteiger partial charge >= 0.3 is 0 Å². The fourth-order valence-electron chi connectivity index (χ4n) is 3.40. The number of anilines is 1. The Hall–Kier alpha value is -2.51. The first-order chi connectivity index (χ1) is 12.6. The number of carbonyl (C=O) groups is 2. The number of hydrogen-bond donors (Lipinski definition) is 2. The van der Waals surface area contributed by atoms with E-state index in [4.69, 9.17) is 0 Å². The Kier molecular flexibility index (Phi) is 4.57. The predicted octanol–water partition coefficient (Wildman–Crippen LogP) is 2.06. The van der Waals surface area contributed by atoms with Crippen LogP contribution in [0.4, 0.5) is 5.69 Å². The van der Waals surface area contributed by atoms with Crippen molar-refractivity contribution in [3.05, 3.63) is 59.7 Å². The molecule has 1 fully saturated rings. The molecule has 7 heteroatoms. The van der Waals surface area contributed by atoms with Gasteiger partial charge in [-0.3, -0.25) is 9.59 Å². The van der Waals surface area contributed by atoms with E-state index in [9.17, 15) is 14.1 Å². The molecule has 0 spiro atoms. The molecule has 2 amide bonds. The number of amides is 2. The second-order valence-corrected chi connectivity index (χ2v) is 7.65. The average Bonchev–Trinajstić information content (AvgIpc) is 2.99. The molecule has 0 saturated carbocycles. The molecule has 2 aliphatic rings. The van der Waals surface area contributed by atoms with Crippen molar-refractivity contribution in [3.8, 4) is 0 Å². The third kappa shape index (κ3) is 3.15. The summed E-state index contributed by atoms with van der Waals surface area (Å²) in [5.41, 5.74) is 2.08. The highest BCUT2D eigenvalue weighted by Crippen LogP contribution is 2.30. The molecule has 134 valence electrons. The minimum atomic E-state index is -1.40. The molecule has 0 radical (unpaired) electrons. The van der Waals surface area contributed by atoms with Gasteiger partial charge < -0.3 is 14.8 Å². The number of nitrogens with one attached hydrogen (secondary N) is 2. The highest BCUT2D eigenvalue weighted by molar-refractivity contribution is 7.92. The maximum Gasteiger partial charge on any atom is 0.255 e. The molecule has 0 bridgehead atoms. The topological polar surface area (TPSA) is 84.5 Å². The van der Waals surface area contributed by atoms with Crippen LogP contribution >= 0.6 is 0 Å². The number of hydrogen-bond acceptors (Lipinski definition) is 4. The largest absolute Gasteiger partial charge is 0.588 e. The number of piperidine rings is 1. The summed E-state index contributed by atoms with van der Waals surface area (Å²) in [5, 5.41) is 2.83. The molecule has 4 rings (SSSR count). The summed E-state index contributed by atoms with van der Waals surface area (Å²) < 4.78 is 15.3. The lowest BCUT2D eigenvalue weighted by molar-refractivity contribution is -0.127. The number of benzene rings is 2. The number of fused-ring (bicyclic) bond motifs is 1. The lowest BCUT2D eigenvalue weighted by Crippen LogP contribution is -2.50. The van der Waals surface area contributed by atoms with E-state index in [1.807, 2.05) is 30.3 Å². The zero-order valence-electron chi connectivity index (χ0n) is 14.1. The zero-order chi connectivity index (χ0) is 18.1. The molecule has 2 atom stereocenters. The minimum Gasteiger partial charge on any atom is -0.588 e. The van der Waals surface area contributed by atoms with Crippen molar-refractivity contribution < 1.29 is 14.1 Å². The second kappa shape index (κ2) is 7.01. The van der Waals surface area contributed by atoms with Crippen LogP contribution in [0.3, 0.4) is 0 Å². The van der Waals surface area contributed by atoms with Gasteiger partial charge in [0.05, 0.1) is 5.69 Å². The van der Waals surface area contributed by atoms with Gasteiger partial charge in [-0.05, 0) is 42.7 Å². The fourth-order valence-corrected chi connectivity index (χ4v) is 4.27. The minimum absolute atomic E-state index is 0.0825. The van der Waals surface area contributed by atoms with E-state index in [0.29, 0.717) is 35.7 Å². The van der Waals surface area contributed by atoms with Crippen LogP contribution < -0.4 is 10.0 Å². The molecule has 2 aliphatic heterocycles. The molecule has 0 aliphatic carbocycles. The summed E-state index contributed by atoms with van der Waals surface area (Å²) in [5.74, 6) is -0.225. The predicted molar refractivity (Wildman–Crippen MR) is 98.8 cm³/mol. The Balaban J connectivity index is 1.52. The molecule has 2 heterocycles. The van der Waals surface area contributed by atoms with E-state index in [1.54, 1.807) is 23.1 Å². The summed E-state index contributed by atoms with van der Waals surface area (Å²) in [6.45, 7) is 1.11. The number of rotatable bonds is 4. The van der Waals surface area contributed by atoms with Gasteiger partial charge in [-0.25, -0.2) is 4.72 Å². The Morgan fingerprint density at radius 2 is 1.96 bits per heavy atom. The standard InChI is InChI=1S/C19H19N3O3S/c23-18-17(7-4-10-20-18)22-12-13-8-9-14(11-16(13)19(22)24)21-26(25)15-5-2-1-3-6-15/h1-3,5-6,8-9,11,17,21H,4,7,10,12H2,(H,20,23). The normalized spacial score (nSPS) is 20.5. The Morgan fingerprint density at radius 3 is 2.73 bits per heavy atom. The highest BCUT2D eigenvalue weighted by Gasteiger charge is 2.37. The molecule has 0 aromatic heterocycles. The summed E-state index contributed by atoms with van der Waals surface area (Å²) >= 11 is -1.40. The third-order valence-corrected chi connectivity index (χ3v) is 5.86. The average molecular weight is 369 g/mol. The van der Waals surface area contributed by atoms with E-state index in [2.05, 4.69) is 10.0 Å². The first kappa shape index (κ1) is 16.9. The summed E-state index contributed by atoms with van der Waals surface area (Å²) in [6.07, 6.45) is 1.56. The first-order valence-corrected chi connectivity index (χ1v) is 9.73. The number of nitrogens with zero attached hydrogens (tertiary/aromatic N) is 1. The van der Waals surface area contributed by atoms with Gasteiger partial charge in [0.25, 0.3) is 5.91 Å². The maximum atomic E-state index is 12.8. The van der Waals surface area contributed by atoms with Crippen molar-refractivity contribution >= 4 is 28.9 Å².